The largest absolute Gasteiger partial charge is 0.341 e. The molecule has 0 atom stereocenters. The molecule has 3 nitrogen and oxygen atoms in total. The van der Waals surface area contributed by atoms with Gasteiger partial charge in [0.15, 0.2) is 0 Å². The van der Waals surface area contributed by atoms with E-state index in [9.17, 15) is 4.79 Å². The van der Waals surface area contributed by atoms with E-state index >= 15 is 0 Å². The molecule has 0 spiro atoms. The molecule has 4 rings (SSSR count). The zero-order valence-electron chi connectivity index (χ0n) is 14.9. The van der Waals surface area contributed by atoms with Crippen LogP contribution >= 0.6 is 0 Å². The molecule has 26 heavy (non-hydrogen) atoms. The van der Waals surface area contributed by atoms with Gasteiger partial charge in [-0.25, -0.2) is 0 Å². The number of anilines is 3. The maximum Gasteiger partial charge on any atom is 0.228 e. The summed E-state index contributed by atoms with van der Waals surface area (Å²) in [6.07, 6.45) is 1.47. The summed E-state index contributed by atoms with van der Waals surface area (Å²) in [5.41, 5.74) is 6.87. The first kappa shape index (κ1) is 16.4. The zero-order valence-corrected chi connectivity index (χ0v) is 14.9. The van der Waals surface area contributed by atoms with Crippen molar-refractivity contribution in [2.24, 2.45) is 0 Å². The molecule has 1 aliphatic rings. The van der Waals surface area contributed by atoms with E-state index in [1.807, 2.05) is 43.3 Å². The van der Waals surface area contributed by atoms with Crippen LogP contribution in [-0.4, -0.2) is 12.5 Å². The van der Waals surface area contributed by atoms with Gasteiger partial charge >= 0.3 is 0 Å². The average molecular weight is 342 g/mol. The molecule has 130 valence electrons. The van der Waals surface area contributed by atoms with Gasteiger partial charge in [-0.3, -0.25) is 4.79 Å². The standard InChI is InChI=1S/C23H22N2O/c1-17-6-2-3-8-19(17)16-23(26)24-20-10-12-21(13-11-20)25-15-14-18-7-4-5-9-22(18)25/h2-13H,14-16H2,1H3,(H,24,26). The number of carbonyl (C=O) groups excluding carboxylic acids is 1. The normalized spacial score (nSPS) is 12.7. The SMILES string of the molecule is Cc1ccccc1CC(=O)Nc1ccc(N2CCc3ccccc32)cc1. The van der Waals surface area contributed by atoms with E-state index in [1.54, 1.807) is 0 Å². The first-order valence-corrected chi connectivity index (χ1v) is 9.00. The number of carbonyl (C=O) groups is 1. The summed E-state index contributed by atoms with van der Waals surface area (Å²) in [6, 6.07) is 24.6. The summed E-state index contributed by atoms with van der Waals surface area (Å²) >= 11 is 0. The number of amides is 1. The van der Waals surface area contributed by atoms with E-state index in [1.165, 1.54) is 11.3 Å². The van der Waals surface area contributed by atoms with Crippen LogP contribution in [0.4, 0.5) is 17.1 Å². The summed E-state index contributed by atoms with van der Waals surface area (Å²) in [5, 5.41) is 3.00. The van der Waals surface area contributed by atoms with Crippen LogP contribution in [0.5, 0.6) is 0 Å². The molecule has 0 saturated carbocycles. The van der Waals surface area contributed by atoms with Gasteiger partial charge in [0.05, 0.1) is 6.42 Å². The van der Waals surface area contributed by atoms with Crippen molar-refractivity contribution < 1.29 is 4.79 Å². The van der Waals surface area contributed by atoms with Crippen molar-refractivity contribution >= 4 is 23.0 Å². The lowest BCUT2D eigenvalue weighted by molar-refractivity contribution is -0.115. The Labute approximate surface area is 154 Å². The number of nitrogens with zero attached hydrogens (tertiary/aromatic N) is 1. The molecule has 0 bridgehead atoms. The Morgan fingerprint density at radius 3 is 2.50 bits per heavy atom. The van der Waals surface area contributed by atoms with Crippen molar-refractivity contribution in [3.05, 3.63) is 89.5 Å². The van der Waals surface area contributed by atoms with E-state index in [0.717, 1.165) is 35.5 Å². The van der Waals surface area contributed by atoms with Gasteiger partial charge in [0.25, 0.3) is 0 Å². The highest BCUT2D eigenvalue weighted by atomic mass is 16.1. The smallest absolute Gasteiger partial charge is 0.228 e. The third-order valence-corrected chi connectivity index (χ3v) is 4.96. The summed E-state index contributed by atoms with van der Waals surface area (Å²) < 4.78 is 0. The Morgan fingerprint density at radius 1 is 0.962 bits per heavy atom. The fourth-order valence-electron chi connectivity index (χ4n) is 3.52. The molecule has 1 N–H and O–H groups in total. The van der Waals surface area contributed by atoms with Gasteiger partial charge in [0.1, 0.15) is 0 Å². The molecule has 1 aliphatic heterocycles. The molecule has 0 aromatic heterocycles. The average Bonchev–Trinajstić information content (AvgIpc) is 3.08. The van der Waals surface area contributed by atoms with Crippen LogP contribution in [0.2, 0.25) is 0 Å². The molecule has 1 heterocycles. The van der Waals surface area contributed by atoms with Crippen LogP contribution < -0.4 is 10.2 Å². The number of para-hydroxylation sites is 1. The molecule has 1 amide bonds. The molecule has 3 aromatic carbocycles. The Kier molecular flexibility index (Phi) is 4.44. The minimum absolute atomic E-state index is 0.0126. The fraction of sp³-hybridized carbons (Fsp3) is 0.174. The van der Waals surface area contributed by atoms with Gasteiger partial charge in [0.2, 0.25) is 5.91 Å². The van der Waals surface area contributed by atoms with Crippen molar-refractivity contribution in [3.63, 3.8) is 0 Å². The second-order valence-electron chi connectivity index (χ2n) is 6.73. The van der Waals surface area contributed by atoms with Crippen LogP contribution in [-0.2, 0) is 17.6 Å². The summed E-state index contributed by atoms with van der Waals surface area (Å²) in [5.74, 6) is 0.0126. The summed E-state index contributed by atoms with van der Waals surface area (Å²) in [7, 11) is 0. The molecule has 3 heteroatoms. The van der Waals surface area contributed by atoms with Crippen molar-refractivity contribution in [1.29, 1.82) is 0 Å². The molecule has 0 radical (unpaired) electrons. The topological polar surface area (TPSA) is 32.3 Å². The predicted molar refractivity (Wildman–Crippen MR) is 107 cm³/mol. The maximum atomic E-state index is 12.3. The first-order valence-electron chi connectivity index (χ1n) is 9.00. The van der Waals surface area contributed by atoms with Crippen molar-refractivity contribution in [2.45, 2.75) is 19.8 Å². The highest BCUT2D eigenvalue weighted by molar-refractivity contribution is 5.92. The Morgan fingerprint density at radius 2 is 1.69 bits per heavy atom. The van der Waals surface area contributed by atoms with Crippen LogP contribution in [0.25, 0.3) is 0 Å². The number of hydrogen-bond acceptors (Lipinski definition) is 2. The first-order chi connectivity index (χ1) is 12.7. The van der Waals surface area contributed by atoms with Gasteiger partial charge in [-0.1, -0.05) is 42.5 Å². The lowest BCUT2D eigenvalue weighted by Crippen LogP contribution is -2.16. The Balaban J connectivity index is 1.44. The predicted octanol–water partition coefficient (Wildman–Crippen LogP) is 4.87. The van der Waals surface area contributed by atoms with Gasteiger partial charge in [-0.2, -0.15) is 0 Å². The molecule has 0 fully saturated rings. The van der Waals surface area contributed by atoms with E-state index in [-0.39, 0.29) is 5.91 Å². The number of aryl methyl sites for hydroxylation is 1. The second kappa shape index (κ2) is 7.04. The molecular weight excluding hydrogens is 320 g/mol. The highest BCUT2D eigenvalue weighted by Crippen LogP contribution is 2.34. The van der Waals surface area contributed by atoms with Crippen LogP contribution in [0.15, 0.2) is 72.8 Å². The van der Waals surface area contributed by atoms with Gasteiger partial charge in [-0.15, -0.1) is 0 Å². The van der Waals surface area contributed by atoms with E-state index in [4.69, 9.17) is 0 Å². The molecule has 0 saturated heterocycles. The van der Waals surface area contributed by atoms with Crippen molar-refractivity contribution in [2.75, 3.05) is 16.8 Å². The van der Waals surface area contributed by atoms with Gasteiger partial charge in [-0.05, 0) is 60.4 Å². The monoisotopic (exact) mass is 342 g/mol. The number of nitrogens with one attached hydrogen (secondary N) is 1. The van der Waals surface area contributed by atoms with Gasteiger partial charge < -0.3 is 10.2 Å². The number of benzene rings is 3. The minimum atomic E-state index is 0.0126. The maximum absolute atomic E-state index is 12.3. The lowest BCUT2D eigenvalue weighted by atomic mass is 10.1. The lowest BCUT2D eigenvalue weighted by Gasteiger charge is -2.20. The van der Waals surface area contributed by atoms with E-state index < -0.39 is 0 Å². The minimum Gasteiger partial charge on any atom is -0.341 e. The Hall–Kier alpha value is -3.07. The van der Waals surface area contributed by atoms with E-state index in [2.05, 4.69) is 46.6 Å². The quantitative estimate of drug-likeness (QED) is 0.733. The summed E-state index contributed by atoms with van der Waals surface area (Å²) in [6.45, 7) is 3.03. The van der Waals surface area contributed by atoms with Crippen molar-refractivity contribution in [3.8, 4) is 0 Å². The molecular formula is C23H22N2O. The zero-order chi connectivity index (χ0) is 17.9. The van der Waals surface area contributed by atoms with Crippen LogP contribution in [0.3, 0.4) is 0 Å². The van der Waals surface area contributed by atoms with Crippen LogP contribution in [0, 0.1) is 6.92 Å². The van der Waals surface area contributed by atoms with E-state index in [0.29, 0.717) is 6.42 Å². The fourth-order valence-corrected chi connectivity index (χ4v) is 3.52. The third-order valence-electron chi connectivity index (χ3n) is 4.96. The highest BCUT2D eigenvalue weighted by Gasteiger charge is 2.19. The third kappa shape index (κ3) is 3.33. The van der Waals surface area contributed by atoms with Gasteiger partial charge in [0, 0.05) is 23.6 Å². The Bertz CT molecular complexity index is 931. The van der Waals surface area contributed by atoms with Crippen LogP contribution in [0.1, 0.15) is 16.7 Å². The number of fused-ring (bicyclic) bond motifs is 1. The second-order valence-corrected chi connectivity index (χ2v) is 6.73. The number of rotatable bonds is 4. The van der Waals surface area contributed by atoms with Crippen molar-refractivity contribution in [1.82, 2.24) is 0 Å². The molecule has 0 aliphatic carbocycles. The number of hydrogen-bond donors (Lipinski definition) is 1. The molecule has 0 unspecified atom stereocenters. The summed E-state index contributed by atoms with van der Waals surface area (Å²) in [4.78, 5) is 14.6. The molecule has 3 aromatic rings.